The molecule has 0 bridgehead atoms. The zero-order valence-corrected chi connectivity index (χ0v) is 14.6. The van der Waals surface area contributed by atoms with Crippen molar-refractivity contribution in [2.75, 3.05) is 14.2 Å². The fraction of sp³-hybridized carbons (Fsp3) is 0.250. The van der Waals surface area contributed by atoms with Crippen LogP contribution in [0, 0.1) is 0 Å². The van der Waals surface area contributed by atoms with Gasteiger partial charge in [0, 0.05) is 24.0 Å². The normalized spacial score (nSPS) is 10.8. The summed E-state index contributed by atoms with van der Waals surface area (Å²) in [6, 6.07) is 10.5. The molecule has 0 fully saturated rings. The van der Waals surface area contributed by atoms with Gasteiger partial charge in [-0.2, -0.15) is 5.10 Å². The highest BCUT2D eigenvalue weighted by Crippen LogP contribution is 2.33. The molecule has 5 nitrogen and oxygen atoms in total. The predicted molar refractivity (Wildman–Crippen MR) is 100 cm³/mol. The van der Waals surface area contributed by atoms with Crippen LogP contribution in [0.5, 0.6) is 11.5 Å². The molecule has 0 radical (unpaired) electrons. The Morgan fingerprint density at radius 2 is 1.96 bits per heavy atom. The number of nitrogens with one attached hydrogen (secondary N) is 2. The average molecular weight is 337 g/mol. The fourth-order valence-electron chi connectivity index (χ4n) is 2.96. The molecule has 0 aliphatic carbocycles. The smallest absolute Gasteiger partial charge is 0.164 e. The Hall–Kier alpha value is -2.79. The average Bonchev–Trinajstić information content (AvgIpc) is 3.09. The number of nitrogens with zero attached hydrogens (tertiary/aromatic N) is 1. The summed E-state index contributed by atoms with van der Waals surface area (Å²) in [5.41, 5.74) is 4.49. The van der Waals surface area contributed by atoms with Gasteiger partial charge in [-0.25, -0.2) is 0 Å². The van der Waals surface area contributed by atoms with E-state index in [0.29, 0.717) is 0 Å². The zero-order valence-electron chi connectivity index (χ0n) is 14.6. The number of fused-ring (bicyclic) bond motifs is 1. The maximum Gasteiger partial charge on any atom is 0.164 e. The van der Waals surface area contributed by atoms with Crippen LogP contribution in [-0.2, 0) is 19.5 Å². The van der Waals surface area contributed by atoms with Crippen molar-refractivity contribution in [3.63, 3.8) is 0 Å². The van der Waals surface area contributed by atoms with Gasteiger partial charge in [-0.05, 0) is 29.7 Å². The number of hydrogen-bond donors (Lipinski definition) is 2. The van der Waals surface area contributed by atoms with Crippen molar-refractivity contribution in [3.05, 3.63) is 65.9 Å². The summed E-state index contributed by atoms with van der Waals surface area (Å²) >= 11 is 0. The van der Waals surface area contributed by atoms with Gasteiger partial charge in [-0.3, -0.25) is 5.10 Å². The summed E-state index contributed by atoms with van der Waals surface area (Å²) in [6.45, 7) is 5.34. The standard InChI is InChI=1S/C20H23N3O2/c1-4-5-16-8-15(10-19(24-2)20(16)25-3)12-21-11-14-6-7-17-13-22-23-18(17)9-14/h4,6-10,13,21H,1,5,11-12H2,2-3H3,(H,22,23). The number of rotatable bonds is 8. The Morgan fingerprint density at radius 3 is 2.72 bits per heavy atom. The predicted octanol–water partition coefficient (Wildman–Crippen LogP) is 3.60. The molecule has 3 rings (SSSR count). The summed E-state index contributed by atoms with van der Waals surface area (Å²) in [6.07, 6.45) is 4.44. The molecule has 130 valence electrons. The van der Waals surface area contributed by atoms with Crippen LogP contribution in [0.1, 0.15) is 16.7 Å². The summed E-state index contributed by atoms with van der Waals surface area (Å²) in [7, 11) is 3.32. The van der Waals surface area contributed by atoms with Gasteiger partial charge in [0.25, 0.3) is 0 Å². The van der Waals surface area contributed by atoms with Crippen LogP contribution in [0.25, 0.3) is 10.9 Å². The number of ether oxygens (including phenoxy) is 2. The third-order valence-electron chi connectivity index (χ3n) is 4.14. The van der Waals surface area contributed by atoms with Crippen molar-refractivity contribution in [2.45, 2.75) is 19.5 Å². The highest BCUT2D eigenvalue weighted by Gasteiger charge is 2.11. The van der Waals surface area contributed by atoms with Crippen LogP contribution in [0.2, 0.25) is 0 Å². The highest BCUT2D eigenvalue weighted by atomic mass is 16.5. The van der Waals surface area contributed by atoms with E-state index in [1.54, 1.807) is 14.2 Å². The van der Waals surface area contributed by atoms with E-state index in [2.05, 4.69) is 46.4 Å². The number of benzene rings is 2. The Morgan fingerprint density at radius 1 is 1.12 bits per heavy atom. The lowest BCUT2D eigenvalue weighted by molar-refractivity contribution is 0.351. The largest absolute Gasteiger partial charge is 0.493 e. The first-order valence-corrected chi connectivity index (χ1v) is 8.22. The first-order valence-electron chi connectivity index (χ1n) is 8.22. The number of allylic oxidation sites excluding steroid dienone is 1. The molecule has 0 spiro atoms. The van der Waals surface area contributed by atoms with Gasteiger partial charge in [-0.15, -0.1) is 6.58 Å². The van der Waals surface area contributed by atoms with Crippen LogP contribution in [0.3, 0.4) is 0 Å². The molecule has 2 N–H and O–H groups in total. The van der Waals surface area contributed by atoms with Gasteiger partial charge in [0.2, 0.25) is 0 Å². The van der Waals surface area contributed by atoms with Gasteiger partial charge in [0.15, 0.2) is 11.5 Å². The second-order valence-electron chi connectivity index (χ2n) is 5.88. The molecule has 1 aromatic heterocycles. The first-order chi connectivity index (χ1) is 12.2. The molecule has 0 unspecified atom stereocenters. The van der Waals surface area contributed by atoms with E-state index in [1.165, 1.54) is 5.56 Å². The van der Waals surface area contributed by atoms with Crippen molar-refractivity contribution >= 4 is 10.9 Å². The Balaban J connectivity index is 1.71. The van der Waals surface area contributed by atoms with Crippen LogP contribution in [0.4, 0.5) is 0 Å². The molecular formula is C20H23N3O2. The van der Waals surface area contributed by atoms with E-state index >= 15 is 0 Å². The maximum absolute atomic E-state index is 5.48. The molecule has 0 atom stereocenters. The van der Waals surface area contributed by atoms with Gasteiger partial charge in [-0.1, -0.05) is 24.3 Å². The minimum atomic E-state index is 0.740. The van der Waals surface area contributed by atoms with Crippen LogP contribution >= 0.6 is 0 Å². The van der Waals surface area contributed by atoms with Crippen molar-refractivity contribution in [2.24, 2.45) is 0 Å². The van der Waals surface area contributed by atoms with E-state index in [0.717, 1.165) is 53.0 Å². The molecule has 2 aromatic carbocycles. The van der Waals surface area contributed by atoms with Gasteiger partial charge >= 0.3 is 0 Å². The molecular weight excluding hydrogens is 314 g/mol. The second-order valence-corrected chi connectivity index (χ2v) is 5.88. The number of methoxy groups -OCH3 is 2. The Kier molecular flexibility index (Phi) is 5.36. The highest BCUT2D eigenvalue weighted by molar-refractivity contribution is 5.78. The topological polar surface area (TPSA) is 59.2 Å². The van der Waals surface area contributed by atoms with Crippen molar-refractivity contribution in [1.29, 1.82) is 0 Å². The lowest BCUT2D eigenvalue weighted by atomic mass is 10.1. The summed E-state index contributed by atoms with van der Waals surface area (Å²) < 4.78 is 10.9. The van der Waals surface area contributed by atoms with Crippen LogP contribution in [0.15, 0.2) is 49.2 Å². The van der Waals surface area contributed by atoms with Gasteiger partial charge in [0.1, 0.15) is 0 Å². The zero-order chi connectivity index (χ0) is 17.6. The quantitative estimate of drug-likeness (QED) is 0.617. The minimum Gasteiger partial charge on any atom is -0.493 e. The molecule has 0 amide bonds. The van der Waals surface area contributed by atoms with Crippen LogP contribution in [-0.4, -0.2) is 24.4 Å². The van der Waals surface area contributed by atoms with Crippen molar-refractivity contribution in [3.8, 4) is 11.5 Å². The van der Waals surface area contributed by atoms with E-state index in [4.69, 9.17) is 9.47 Å². The minimum absolute atomic E-state index is 0.740. The van der Waals surface area contributed by atoms with Crippen molar-refractivity contribution in [1.82, 2.24) is 15.5 Å². The Bertz CT molecular complexity index is 871. The molecule has 25 heavy (non-hydrogen) atoms. The molecule has 3 aromatic rings. The number of H-pyrrole nitrogens is 1. The molecule has 0 saturated carbocycles. The number of hydrogen-bond acceptors (Lipinski definition) is 4. The Labute approximate surface area is 147 Å². The van der Waals surface area contributed by atoms with E-state index < -0.39 is 0 Å². The van der Waals surface area contributed by atoms with E-state index in [9.17, 15) is 0 Å². The third kappa shape index (κ3) is 3.83. The van der Waals surface area contributed by atoms with Crippen molar-refractivity contribution < 1.29 is 9.47 Å². The summed E-state index contributed by atoms with van der Waals surface area (Å²) in [5, 5.41) is 11.7. The van der Waals surface area contributed by atoms with E-state index in [-0.39, 0.29) is 0 Å². The second kappa shape index (κ2) is 7.85. The summed E-state index contributed by atoms with van der Waals surface area (Å²) in [5.74, 6) is 1.52. The monoisotopic (exact) mass is 337 g/mol. The number of aromatic nitrogens is 2. The number of aromatic amines is 1. The first kappa shape index (κ1) is 17.0. The van der Waals surface area contributed by atoms with Gasteiger partial charge < -0.3 is 14.8 Å². The molecule has 0 aliphatic heterocycles. The molecule has 5 heteroatoms. The third-order valence-corrected chi connectivity index (χ3v) is 4.14. The lowest BCUT2D eigenvalue weighted by Crippen LogP contribution is -2.13. The van der Waals surface area contributed by atoms with Crippen LogP contribution < -0.4 is 14.8 Å². The molecule has 0 aliphatic rings. The molecule has 0 saturated heterocycles. The van der Waals surface area contributed by atoms with Gasteiger partial charge in [0.05, 0.1) is 25.9 Å². The fourth-order valence-corrected chi connectivity index (χ4v) is 2.96. The lowest BCUT2D eigenvalue weighted by Gasteiger charge is -2.15. The van der Waals surface area contributed by atoms with E-state index in [1.807, 2.05) is 18.3 Å². The molecule has 1 heterocycles. The SMILES string of the molecule is C=CCc1cc(CNCc2ccc3cn[nH]c3c2)cc(OC)c1OC. The summed E-state index contributed by atoms with van der Waals surface area (Å²) in [4.78, 5) is 0. The maximum atomic E-state index is 5.48.